The van der Waals surface area contributed by atoms with Gasteiger partial charge in [-0.1, -0.05) is 0 Å². The molecule has 0 atom stereocenters. The zero-order valence-electron chi connectivity index (χ0n) is 11.7. The smallest absolute Gasteiger partial charge is 0.303 e. The van der Waals surface area contributed by atoms with Gasteiger partial charge in [-0.15, -0.1) is 0 Å². The molecular formula is C15H17N3O3. The number of benzene rings is 1. The summed E-state index contributed by atoms with van der Waals surface area (Å²) in [6.07, 6.45) is 2.34. The number of nitrogens with zero attached hydrogens (tertiary/aromatic N) is 2. The molecule has 1 heterocycles. The van der Waals surface area contributed by atoms with Crippen molar-refractivity contribution < 1.29 is 14.6 Å². The molecule has 0 saturated heterocycles. The van der Waals surface area contributed by atoms with E-state index in [1.54, 1.807) is 13.3 Å². The molecule has 6 heteroatoms. The Morgan fingerprint density at radius 3 is 2.71 bits per heavy atom. The van der Waals surface area contributed by atoms with Gasteiger partial charge in [0.15, 0.2) is 0 Å². The van der Waals surface area contributed by atoms with Crippen LogP contribution in [0.5, 0.6) is 5.75 Å². The molecule has 0 fully saturated rings. The Balaban J connectivity index is 2.01. The number of ether oxygens (including phenoxy) is 1. The van der Waals surface area contributed by atoms with E-state index in [-0.39, 0.29) is 6.42 Å². The van der Waals surface area contributed by atoms with Gasteiger partial charge in [0.2, 0.25) is 5.95 Å². The number of aliphatic carboxylic acids is 1. The van der Waals surface area contributed by atoms with Gasteiger partial charge in [-0.3, -0.25) is 4.79 Å². The van der Waals surface area contributed by atoms with E-state index in [9.17, 15) is 4.79 Å². The first-order valence-electron chi connectivity index (χ1n) is 6.62. The molecule has 0 aliphatic rings. The number of aromatic nitrogens is 2. The van der Waals surface area contributed by atoms with Crippen LogP contribution in [-0.2, 0) is 4.79 Å². The highest BCUT2D eigenvalue weighted by molar-refractivity contribution is 5.66. The Morgan fingerprint density at radius 2 is 2.05 bits per heavy atom. The van der Waals surface area contributed by atoms with Crippen LogP contribution < -0.4 is 10.1 Å². The van der Waals surface area contributed by atoms with Crippen molar-refractivity contribution in [1.82, 2.24) is 9.97 Å². The average molecular weight is 287 g/mol. The van der Waals surface area contributed by atoms with Crippen LogP contribution in [0.1, 0.15) is 12.8 Å². The van der Waals surface area contributed by atoms with Gasteiger partial charge in [0.1, 0.15) is 5.75 Å². The van der Waals surface area contributed by atoms with Gasteiger partial charge in [-0.05, 0) is 36.8 Å². The predicted octanol–water partition coefficient (Wildman–Crippen LogP) is 2.43. The maximum absolute atomic E-state index is 10.4. The van der Waals surface area contributed by atoms with E-state index in [1.165, 1.54) is 0 Å². The van der Waals surface area contributed by atoms with Crippen LogP contribution in [0.25, 0.3) is 11.3 Å². The summed E-state index contributed by atoms with van der Waals surface area (Å²) in [5.41, 5.74) is 1.76. The summed E-state index contributed by atoms with van der Waals surface area (Å²) in [6, 6.07) is 9.42. The van der Waals surface area contributed by atoms with E-state index in [1.807, 2.05) is 30.3 Å². The third kappa shape index (κ3) is 4.45. The fourth-order valence-corrected chi connectivity index (χ4v) is 1.81. The number of carbonyl (C=O) groups is 1. The third-order valence-electron chi connectivity index (χ3n) is 2.89. The minimum absolute atomic E-state index is 0.130. The predicted molar refractivity (Wildman–Crippen MR) is 79.4 cm³/mol. The van der Waals surface area contributed by atoms with Crippen LogP contribution in [0.2, 0.25) is 0 Å². The summed E-state index contributed by atoms with van der Waals surface area (Å²) in [7, 11) is 1.62. The molecule has 0 amide bonds. The van der Waals surface area contributed by atoms with Gasteiger partial charge < -0.3 is 15.2 Å². The number of carboxylic acid groups (broad SMARTS) is 1. The summed E-state index contributed by atoms with van der Waals surface area (Å²) >= 11 is 0. The molecule has 0 unspecified atom stereocenters. The van der Waals surface area contributed by atoms with Crippen molar-refractivity contribution in [2.45, 2.75) is 12.8 Å². The van der Waals surface area contributed by atoms with Gasteiger partial charge in [0.25, 0.3) is 0 Å². The maximum Gasteiger partial charge on any atom is 0.303 e. The first-order chi connectivity index (χ1) is 10.2. The van der Waals surface area contributed by atoms with Crippen LogP contribution in [-0.4, -0.2) is 34.7 Å². The second-order valence-corrected chi connectivity index (χ2v) is 4.42. The number of rotatable bonds is 7. The molecule has 2 aromatic rings. The molecule has 0 bridgehead atoms. The second kappa shape index (κ2) is 7.23. The number of hydrogen-bond donors (Lipinski definition) is 2. The van der Waals surface area contributed by atoms with Gasteiger partial charge in [-0.2, -0.15) is 0 Å². The van der Waals surface area contributed by atoms with Crippen molar-refractivity contribution in [2.24, 2.45) is 0 Å². The minimum Gasteiger partial charge on any atom is -0.497 e. The summed E-state index contributed by atoms with van der Waals surface area (Å²) in [6.45, 7) is 0.526. The highest BCUT2D eigenvalue weighted by Crippen LogP contribution is 2.20. The van der Waals surface area contributed by atoms with E-state index < -0.39 is 5.97 Å². The van der Waals surface area contributed by atoms with Crippen molar-refractivity contribution in [2.75, 3.05) is 19.0 Å². The largest absolute Gasteiger partial charge is 0.497 e. The highest BCUT2D eigenvalue weighted by atomic mass is 16.5. The molecule has 6 nitrogen and oxygen atoms in total. The van der Waals surface area contributed by atoms with Crippen LogP contribution in [0.4, 0.5) is 5.95 Å². The van der Waals surface area contributed by atoms with E-state index in [4.69, 9.17) is 9.84 Å². The Labute approximate surface area is 122 Å². The molecule has 1 aromatic heterocycles. The zero-order valence-corrected chi connectivity index (χ0v) is 11.7. The van der Waals surface area contributed by atoms with Gasteiger partial charge in [-0.25, -0.2) is 9.97 Å². The zero-order chi connectivity index (χ0) is 15.1. The molecular weight excluding hydrogens is 270 g/mol. The lowest BCUT2D eigenvalue weighted by Crippen LogP contribution is -2.07. The lowest BCUT2D eigenvalue weighted by Gasteiger charge is -2.06. The van der Waals surface area contributed by atoms with E-state index >= 15 is 0 Å². The number of nitrogens with one attached hydrogen (secondary N) is 1. The van der Waals surface area contributed by atoms with Crippen molar-refractivity contribution in [3.63, 3.8) is 0 Å². The molecule has 2 rings (SSSR count). The van der Waals surface area contributed by atoms with Gasteiger partial charge in [0, 0.05) is 24.7 Å². The van der Waals surface area contributed by atoms with Crippen molar-refractivity contribution in [3.8, 4) is 17.0 Å². The highest BCUT2D eigenvalue weighted by Gasteiger charge is 2.03. The first kappa shape index (κ1) is 14.8. The monoisotopic (exact) mass is 287 g/mol. The molecule has 0 aliphatic heterocycles. The molecule has 0 saturated carbocycles. The summed E-state index contributed by atoms with van der Waals surface area (Å²) < 4.78 is 5.12. The SMILES string of the molecule is COc1ccc(-c2ccnc(NCCCC(=O)O)n2)cc1. The Morgan fingerprint density at radius 1 is 1.29 bits per heavy atom. The van der Waals surface area contributed by atoms with Crippen LogP contribution in [0.3, 0.4) is 0 Å². The Hall–Kier alpha value is -2.63. The van der Waals surface area contributed by atoms with E-state index in [2.05, 4.69) is 15.3 Å². The lowest BCUT2D eigenvalue weighted by molar-refractivity contribution is -0.137. The first-order valence-corrected chi connectivity index (χ1v) is 6.62. The maximum atomic E-state index is 10.4. The van der Waals surface area contributed by atoms with Crippen molar-refractivity contribution in [1.29, 1.82) is 0 Å². The summed E-state index contributed by atoms with van der Waals surface area (Å²) in [5.74, 6) is 0.484. The second-order valence-electron chi connectivity index (χ2n) is 4.42. The summed E-state index contributed by atoms with van der Waals surface area (Å²) in [5, 5.41) is 11.6. The molecule has 0 spiro atoms. The topological polar surface area (TPSA) is 84.3 Å². The molecule has 110 valence electrons. The molecule has 0 radical (unpaired) electrons. The number of anilines is 1. The number of hydrogen-bond acceptors (Lipinski definition) is 5. The number of carboxylic acids is 1. The lowest BCUT2D eigenvalue weighted by atomic mass is 10.1. The fourth-order valence-electron chi connectivity index (χ4n) is 1.81. The molecule has 2 N–H and O–H groups in total. The van der Waals surface area contributed by atoms with Crippen LogP contribution in [0, 0.1) is 0 Å². The normalized spacial score (nSPS) is 10.1. The quantitative estimate of drug-likeness (QED) is 0.761. The standard InChI is InChI=1S/C15H17N3O3/c1-21-12-6-4-11(5-7-12)13-8-10-17-15(18-13)16-9-2-3-14(19)20/h4-8,10H,2-3,9H2,1H3,(H,19,20)(H,16,17,18). The third-order valence-corrected chi connectivity index (χ3v) is 2.89. The summed E-state index contributed by atoms with van der Waals surface area (Å²) in [4.78, 5) is 19.0. The minimum atomic E-state index is -0.801. The van der Waals surface area contributed by atoms with E-state index in [0.29, 0.717) is 18.9 Å². The van der Waals surface area contributed by atoms with Gasteiger partial charge in [0.05, 0.1) is 12.8 Å². The Kier molecular flexibility index (Phi) is 5.09. The van der Waals surface area contributed by atoms with Crippen LogP contribution in [0.15, 0.2) is 36.5 Å². The van der Waals surface area contributed by atoms with E-state index in [0.717, 1.165) is 17.0 Å². The fraction of sp³-hybridized carbons (Fsp3) is 0.267. The molecule has 21 heavy (non-hydrogen) atoms. The Bertz CT molecular complexity index is 599. The molecule has 1 aromatic carbocycles. The van der Waals surface area contributed by atoms with Crippen molar-refractivity contribution >= 4 is 11.9 Å². The van der Waals surface area contributed by atoms with Crippen LogP contribution >= 0.6 is 0 Å². The van der Waals surface area contributed by atoms with Gasteiger partial charge >= 0.3 is 5.97 Å². The average Bonchev–Trinajstić information content (AvgIpc) is 2.52. The molecule has 0 aliphatic carbocycles. The number of methoxy groups -OCH3 is 1. The van der Waals surface area contributed by atoms with Crippen molar-refractivity contribution in [3.05, 3.63) is 36.5 Å².